The average Bonchev–Trinajstić information content (AvgIpc) is 3.15. The van der Waals surface area contributed by atoms with Crippen molar-refractivity contribution in [2.24, 2.45) is 0 Å². The zero-order chi connectivity index (χ0) is 24.7. The molecule has 2 N–H and O–H groups in total. The lowest BCUT2D eigenvalue weighted by atomic mass is 10.2. The highest BCUT2D eigenvalue weighted by Gasteiger charge is 2.30. The minimum Gasteiger partial charge on any atom is -0.326 e. The number of aromatic nitrogens is 3. The molecular formula is C22H19BrF3N5O2S. The van der Waals surface area contributed by atoms with Gasteiger partial charge in [-0.3, -0.25) is 9.59 Å². The number of anilines is 2. The molecule has 0 aliphatic heterocycles. The molecule has 178 valence electrons. The van der Waals surface area contributed by atoms with Gasteiger partial charge in [-0.15, -0.1) is 16.8 Å². The number of thioether (sulfide) groups is 1. The monoisotopic (exact) mass is 553 g/mol. The summed E-state index contributed by atoms with van der Waals surface area (Å²) < 4.78 is 41.2. The van der Waals surface area contributed by atoms with Gasteiger partial charge in [-0.05, 0) is 42.5 Å². The van der Waals surface area contributed by atoms with Crippen molar-refractivity contribution in [3.05, 3.63) is 77.0 Å². The van der Waals surface area contributed by atoms with Gasteiger partial charge >= 0.3 is 6.18 Å². The zero-order valence-electron chi connectivity index (χ0n) is 17.6. The van der Waals surface area contributed by atoms with E-state index in [0.717, 1.165) is 28.4 Å². The minimum atomic E-state index is -4.51. The molecule has 0 unspecified atom stereocenters. The number of hydrogen-bond acceptors (Lipinski definition) is 5. The second-order valence-electron chi connectivity index (χ2n) is 6.95. The molecule has 0 atom stereocenters. The number of halogens is 4. The Morgan fingerprint density at radius 1 is 1.06 bits per heavy atom. The quantitative estimate of drug-likeness (QED) is 0.282. The summed E-state index contributed by atoms with van der Waals surface area (Å²) in [6.45, 7) is 3.97. The van der Waals surface area contributed by atoms with E-state index in [2.05, 4.69) is 43.3 Å². The minimum absolute atomic E-state index is 0.0221. The van der Waals surface area contributed by atoms with Crippen molar-refractivity contribution in [3.8, 4) is 0 Å². The molecule has 0 bridgehead atoms. The molecule has 1 heterocycles. The standard InChI is InChI=1S/C22H19BrF3N5O2S/c1-2-10-31-18(12-19(32)28-17-5-3-4-14(11-17)22(24,25)26)29-30-21(31)34-13-20(33)27-16-8-6-15(23)7-9-16/h2-9,11H,1,10,12-13H2,(H,27,33)(H,28,32). The van der Waals surface area contributed by atoms with Gasteiger partial charge in [0.15, 0.2) is 5.16 Å². The zero-order valence-corrected chi connectivity index (χ0v) is 20.0. The van der Waals surface area contributed by atoms with Gasteiger partial charge in [-0.1, -0.05) is 39.8 Å². The van der Waals surface area contributed by atoms with E-state index in [4.69, 9.17) is 0 Å². The van der Waals surface area contributed by atoms with E-state index in [-0.39, 0.29) is 30.3 Å². The first-order valence-corrected chi connectivity index (χ1v) is 11.6. The second kappa shape index (κ2) is 11.3. The molecule has 0 aliphatic rings. The fourth-order valence-electron chi connectivity index (χ4n) is 2.85. The molecule has 0 spiro atoms. The van der Waals surface area contributed by atoms with Crippen LogP contribution < -0.4 is 10.6 Å². The van der Waals surface area contributed by atoms with Crippen LogP contribution in [0.3, 0.4) is 0 Å². The fraction of sp³-hybridized carbons (Fsp3) is 0.182. The summed E-state index contributed by atoms with van der Waals surface area (Å²) in [6.07, 6.45) is -3.15. The highest BCUT2D eigenvalue weighted by Crippen LogP contribution is 2.30. The van der Waals surface area contributed by atoms with Crippen LogP contribution >= 0.6 is 27.7 Å². The van der Waals surface area contributed by atoms with Crippen LogP contribution in [0.1, 0.15) is 11.4 Å². The van der Waals surface area contributed by atoms with Gasteiger partial charge in [-0.2, -0.15) is 13.2 Å². The molecule has 0 fully saturated rings. The Morgan fingerprint density at radius 2 is 1.76 bits per heavy atom. The third kappa shape index (κ3) is 7.19. The lowest BCUT2D eigenvalue weighted by molar-refractivity contribution is -0.137. The van der Waals surface area contributed by atoms with Crippen molar-refractivity contribution in [2.75, 3.05) is 16.4 Å². The third-order valence-corrected chi connectivity index (χ3v) is 5.85. The number of rotatable bonds is 9. The van der Waals surface area contributed by atoms with Crippen molar-refractivity contribution in [1.29, 1.82) is 0 Å². The second-order valence-corrected chi connectivity index (χ2v) is 8.80. The highest BCUT2D eigenvalue weighted by molar-refractivity contribution is 9.10. The van der Waals surface area contributed by atoms with E-state index in [1.807, 2.05) is 0 Å². The van der Waals surface area contributed by atoms with Crippen LogP contribution in [0.4, 0.5) is 24.5 Å². The number of carbonyl (C=O) groups excluding carboxylic acids is 2. The van der Waals surface area contributed by atoms with Crippen LogP contribution in [-0.2, 0) is 28.7 Å². The van der Waals surface area contributed by atoms with Gasteiger partial charge in [0.05, 0.1) is 17.7 Å². The Labute approximate surface area is 206 Å². The number of benzene rings is 2. The molecule has 0 radical (unpaired) electrons. The Balaban J connectivity index is 1.63. The van der Waals surface area contributed by atoms with E-state index < -0.39 is 17.6 Å². The number of hydrogen-bond donors (Lipinski definition) is 2. The van der Waals surface area contributed by atoms with Gasteiger partial charge in [0.1, 0.15) is 5.82 Å². The molecule has 2 aromatic carbocycles. The molecule has 0 saturated carbocycles. The summed E-state index contributed by atoms with van der Waals surface area (Å²) in [5, 5.41) is 13.7. The van der Waals surface area contributed by atoms with E-state index in [1.54, 1.807) is 34.9 Å². The van der Waals surface area contributed by atoms with E-state index in [9.17, 15) is 22.8 Å². The molecule has 7 nitrogen and oxygen atoms in total. The average molecular weight is 554 g/mol. The van der Waals surface area contributed by atoms with E-state index >= 15 is 0 Å². The first-order chi connectivity index (χ1) is 16.2. The van der Waals surface area contributed by atoms with E-state index in [1.165, 1.54) is 12.1 Å². The van der Waals surface area contributed by atoms with E-state index in [0.29, 0.717) is 16.7 Å². The molecule has 0 saturated heterocycles. The van der Waals surface area contributed by atoms with Crippen molar-refractivity contribution < 1.29 is 22.8 Å². The number of carbonyl (C=O) groups is 2. The molecule has 2 amide bonds. The van der Waals surface area contributed by atoms with Gasteiger partial charge in [0, 0.05) is 22.4 Å². The molecule has 1 aromatic heterocycles. The first kappa shape index (κ1) is 25.5. The normalized spacial score (nSPS) is 11.2. The van der Waals surface area contributed by atoms with Crippen LogP contribution in [-0.4, -0.2) is 32.3 Å². The number of nitrogens with one attached hydrogen (secondary N) is 2. The third-order valence-electron chi connectivity index (χ3n) is 4.36. The van der Waals surface area contributed by atoms with Crippen LogP contribution in [0.2, 0.25) is 0 Å². The maximum absolute atomic E-state index is 12.9. The van der Waals surface area contributed by atoms with Crippen molar-refractivity contribution in [1.82, 2.24) is 14.8 Å². The van der Waals surface area contributed by atoms with Crippen molar-refractivity contribution in [3.63, 3.8) is 0 Å². The topological polar surface area (TPSA) is 88.9 Å². The van der Waals surface area contributed by atoms with Crippen LogP contribution in [0.5, 0.6) is 0 Å². The SMILES string of the molecule is C=CCn1c(CC(=O)Nc2cccc(C(F)(F)F)c2)nnc1SCC(=O)Nc1ccc(Br)cc1. The predicted molar refractivity (Wildman–Crippen MR) is 127 cm³/mol. The van der Waals surface area contributed by atoms with Gasteiger partial charge in [0.2, 0.25) is 11.8 Å². The van der Waals surface area contributed by atoms with Crippen LogP contribution in [0.15, 0.2) is 70.8 Å². The highest BCUT2D eigenvalue weighted by atomic mass is 79.9. The maximum Gasteiger partial charge on any atom is 0.416 e. The number of amides is 2. The molecule has 0 aliphatic carbocycles. The Hall–Kier alpha value is -3.12. The fourth-order valence-corrected chi connectivity index (χ4v) is 3.88. The van der Waals surface area contributed by atoms with Gasteiger partial charge < -0.3 is 15.2 Å². The Bertz CT molecular complexity index is 1180. The molecule has 3 rings (SSSR count). The number of allylic oxidation sites excluding steroid dienone is 1. The van der Waals surface area contributed by atoms with Crippen LogP contribution in [0, 0.1) is 0 Å². The largest absolute Gasteiger partial charge is 0.416 e. The first-order valence-electron chi connectivity index (χ1n) is 9.84. The van der Waals surface area contributed by atoms with Crippen LogP contribution in [0.25, 0.3) is 0 Å². The summed E-state index contributed by atoms with van der Waals surface area (Å²) in [6, 6.07) is 11.5. The summed E-state index contributed by atoms with van der Waals surface area (Å²) in [4.78, 5) is 24.7. The lowest BCUT2D eigenvalue weighted by Gasteiger charge is -2.10. The van der Waals surface area contributed by atoms with Gasteiger partial charge in [0.25, 0.3) is 0 Å². The summed E-state index contributed by atoms with van der Waals surface area (Å²) >= 11 is 4.47. The van der Waals surface area contributed by atoms with Crippen molar-refractivity contribution in [2.45, 2.75) is 24.3 Å². The predicted octanol–water partition coefficient (Wildman–Crippen LogP) is 5.16. The number of nitrogens with zero attached hydrogens (tertiary/aromatic N) is 3. The molecular weight excluding hydrogens is 535 g/mol. The molecule has 3 aromatic rings. The lowest BCUT2D eigenvalue weighted by Crippen LogP contribution is -2.18. The Kier molecular flexibility index (Phi) is 8.51. The molecule has 34 heavy (non-hydrogen) atoms. The Morgan fingerprint density at radius 3 is 2.44 bits per heavy atom. The molecule has 12 heteroatoms. The van der Waals surface area contributed by atoms with Gasteiger partial charge in [-0.25, -0.2) is 0 Å². The van der Waals surface area contributed by atoms with Crippen molar-refractivity contribution >= 4 is 50.9 Å². The summed E-state index contributed by atoms with van der Waals surface area (Å²) in [7, 11) is 0. The maximum atomic E-state index is 12.9. The number of alkyl halides is 3. The summed E-state index contributed by atoms with van der Waals surface area (Å²) in [5.74, 6) is -0.451. The smallest absolute Gasteiger partial charge is 0.326 e. The summed E-state index contributed by atoms with van der Waals surface area (Å²) in [5.41, 5.74) is -0.192.